The van der Waals surface area contributed by atoms with Gasteiger partial charge in [-0.25, -0.2) is 9.97 Å². The predicted octanol–water partition coefficient (Wildman–Crippen LogP) is 1.95. The van der Waals surface area contributed by atoms with Crippen molar-refractivity contribution in [2.75, 3.05) is 0 Å². The Morgan fingerprint density at radius 1 is 1.38 bits per heavy atom. The highest BCUT2D eigenvalue weighted by Crippen LogP contribution is 2.28. The van der Waals surface area contributed by atoms with Gasteiger partial charge in [0.25, 0.3) is 0 Å². The summed E-state index contributed by atoms with van der Waals surface area (Å²) in [7, 11) is 0. The third-order valence-electron chi connectivity index (χ3n) is 2.84. The summed E-state index contributed by atoms with van der Waals surface area (Å²) in [5, 5.41) is 9.88. The Morgan fingerprint density at radius 3 is 3.00 bits per heavy atom. The number of nitrogens with zero attached hydrogens (tertiary/aromatic N) is 3. The zero-order valence-electron chi connectivity index (χ0n) is 8.42. The number of fused-ring (bicyclic) bond motifs is 1. The quantitative estimate of drug-likeness (QED) is 0.607. The molecule has 0 aliphatic heterocycles. The molecule has 4 nitrogen and oxygen atoms in total. The Labute approximate surface area is 97.2 Å². The lowest BCUT2D eigenvalue weighted by molar-refractivity contribution is 0.211. The van der Waals surface area contributed by atoms with E-state index in [9.17, 15) is 5.11 Å². The molecule has 0 saturated carbocycles. The summed E-state index contributed by atoms with van der Waals surface area (Å²) < 4.78 is 2.01. The number of aliphatic hydroxyl groups is 1. The number of hydrogen-bond acceptors (Lipinski definition) is 3. The Balaban J connectivity index is 2.12. The molecule has 2 aromatic heterocycles. The molecule has 5 heteroatoms. The number of aromatic nitrogens is 3. The van der Waals surface area contributed by atoms with Crippen molar-refractivity contribution >= 4 is 22.6 Å². The van der Waals surface area contributed by atoms with Crippen LogP contribution in [0.5, 0.6) is 0 Å². The van der Waals surface area contributed by atoms with Gasteiger partial charge >= 0.3 is 0 Å². The molecule has 0 unspecified atom stereocenters. The van der Waals surface area contributed by atoms with E-state index < -0.39 is 0 Å². The third-order valence-corrected chi connectivity index (χ3v) is 3.12. The molecule has 0 bridgehead atoms. The van der Waals surface area contributed by atoms with Gasteiger partial charge in [-0.1, -0.05) is 23.8 Å². The topological polar surface area (TPSA) is 50.9 Å². The van der Waals surface area contributed by atoms with E-state index in [0.717, 1.165) is 5.52 Å². The van der Waals surface area contributed by atoms with Crippen molar-refractivity contribution in [1.29, 1.82) is 0 Å². The van der Waals surface area contributed by atoms with Gasteiger partial charge in [0.05, 0.1) is 24.0 Å². The largest absolute Gasteiger partial charge is 0.389 e. The first kappa shape index (κ1) is 9.81. The van der Waals surface area contributed by atoms with E-state index in [2.05, 4.69) is 9.97 Å². The second kappa shape index (κ2) is 3.57. The van der Waals surface area contributed by atoms with Crippen molar-refractivity contribution in [2.45, 2.75) is 18.6 Å². The molecule has 82 valence electrons. The van der Waals surface area contributed by atoms with Crippen LogP contribution in [0.2, 0.25) is 5.15 Å². The van der Waals surface area contributed by atoms with E-state index in [1.807, 2.05) is 16.7 Å². The zero-order chi connectivity index (χ0) is 11.1. The van der Waals surface area contributed by atoms with Crippen LogP contribution >= 0.6 is 11.6 Å². The van der Waals surface area contributed by atoms with Crippen LogP contribution in [0.25, 0.3) is 11.0 Å². The van der Waals surface area contributed by atoms with E-state index >= 15 is 0 Å². The fraction of sp³-hybridized carbons (Fsp3) is 0.273. The molecule has 16 heavy (non-hydrogen) atoms. The summed E-state index contributed by atoms with van der Waals surface area (Å²) in [6, 6.07) is 2.03. The number of imidazole rings is 1. The fourth-order valence-corrected chi connectivity index (χ4v) is 2.26. The molecule has 0 radical (unpaired) electrons. The van der Waals surface area contributed by atoms with Crippen molar-refractivity contribution < 1.29 is 5.11 Å². The van der Waals surface area contributed by atoms with Gasteiger partial charge in [0.1, 0.15) is 5.52 Å². The number of halogens is 1. The van der Waals surface area contributed by atoms with Gasteiger partial charge in [-0.3, -0.25) is 0 Å². The van der Waals surface area contributed by atoms with Gasteiger partial charge in [-0.05, 0) is 6.07 Å². The molecule has 1 aliphatic carbocycles. The molecule has 0 spiro atoms. The summed E-state index contributed by atoms with van der Waals surface area (Å²) in [5.74, 6) is 0. The first-order chi connectivity index (χ1) is 7.75. The maximum Gasteiger partial charge on any atom is 0.156 e. The fourth-order valence-electron chi connectivity index (χ4n) is 2.06. The standard InChI is InChI=1S/C11H10ClN3O/c12-11-10-9(3-4-13-11)15(6-14-10)7-1-2-8(16)5-7/h1-4,6-8,16H,5H2/t7-,8+/m0/s1. The normalized spacial score (nSPS) is 24.4. The van der Waals surface area contributed by atoms with Gasteiger partial charge in [0.15, 0.2) is 5.15 Å². The minimum Gasteiger partial charge on any atom is -0.389 e. The number of hydrogen-bond donors (Lipinski definition) is 1. The van der Waals surface area contributed by atoms with Crippen molar-refractivity contribution in [3.63, 3.8) is 0 Å². The van der Waals surface area contributed by atoms with Crippen molar-refractivity contribution in [2.24, 2.45) is 0 Å². The molecule has 0 amide bonds. The van der Waals surface area contributed by atoms with Crippen LogP contribution in [0, 0.1) is 0 Å². The first-order valence-corrected chi connectivity index (χ1v) is 5.47. The third kappa shape index (κ3) is 1.42. The summed E-state index contributed by atoms with van der Waals surface area (Å²) in [4.78, 5) is 8.23. The molecule has 0 saturated heterocycles. The highest BCUT2D eigenvalue weighted by molar-refractivity contribution is 6.33. The summed E-state index contributed by atoms with van der Waals surface area (Å²) >= 11 is 5.95. The van der Waals surface area contributed by atoms with Crippen LogP contribution in [0.1, 0.15) is 12.5 Å². The zero-order valence-corrected chi connectivity index (χ0v) is 9.17. The minimum absolute atomic E-state index is 0.151. The van der Waals surface area contributed by atoms with E-state index in [1.54, 1.807) is 18.6 Å². The predicted molar refractivity (Wildman–Crippen MR) is 61.3 cm³/mol. The SMILES string of the molecule is O[C@@H]1C=C[C@H](n2cnc3c(Cl)nccc32)C1. The Morgan fingerprint density at radius 2 is 2.25 bits per heavy atom. The van der Waals surface area contributed by atoms with E-state index in [4.69, 9.17) is 11.6 Å². The molecule has 3 rings (SSSR count). The van der Waals surface area contributed by atoms with Gasteiger partial charge in [-0.2, -0.15) is 0 Å². The summed E-state index contributed by atoms with van der Waals surface area (Å²) in [6.45, 7) is 0. The number of aliphatic hydroxyl groups excluding tert-OH is 1. The monoisotopic (exact) mass is 235 g/mol. The van der Waals surface area contributed by atoms with Gasteiger partial charge < -0.3 is 9.67 Å². The number of pyridine rings is 1. The van der Waals surface area contributed by atoms with Gasteiger partial charge in [0.2, 0.25) is 0 Å². The average molecular weight is 236 g/mol. The summed E-state index contributed by atoms with van der Waals surface area (Å²) in [6.07, 6.45) is 7.52. The van der Waals surface area contributed by atoms with E-state index in [0.29, 0.717) is 17.1 Å². The maximum atomic E-state index is 9.47. The molecule has 2 heterocycles. The molecule has 0 aromatic carbocycles. The minimum atomic E-state index is -0.361. The average Bonchev–Trinajstić information content (AvgIpc) is 2.84. The lowest BCUT2D eigenvalue weighted by atomic mass is 10.2. The number of rotatable bonds is 1. The Hall–Kier alpha value is -1.39. The maximum absolute atomic E-state index is 9.47. The van der Waals surface area contributed by atoms with Crippen LogP contribution in [-0.2, 0) is 0 Å². The first-order valence-electron chi connectivity index (χ1n) is 5.09. The molecule has 0 fully saturated rings. The number of allylic oxidation sites excluding steroid dienone is 1. The molecule has 2 atom stereocenters. The second-order valence-corrected chi connectivity index (χ2v) is 4.23. The van der Waals surface area contributed by atoms with Crippen LogP contribution in [0.15, 0.2) is 30.7 Å². The molecular formula is C11H10ClN3O. The van der Waals surface area contributed by atoms with Crippen molar-refractivity contribution in [3.05, 3.63) is 35.9 Å². The smallest absolute Gasteiger partial charge is 0.156 e. The van der Waals surface area contributed by atoms with Crippen molar-refractivity contribution in [3.8, 4) is 0 Å². The van der Waals surface area contributed by atoms with Gasteiger partial charge in [0, 0.05) is 12.6 Å². The van der Waals surface area contributed by atoms with Crippen LogP contribution < -0.4 is 0 Å². The molecular weight excluding hydrogens is 226 g/mol. The molecule has 1 aliphatic rings. The van der Waals surface area contributed by atoms with Gasteiger partial charge in [-0.15, -0.1) is 0 Å². The van der Waals surface area contributed by atoms with E-state index in [-0.39, 0.29) is 12.1 Å². The van der Waals surface area contributed by atoms with Crippen molar-refractivity contribution in [1.82, 2.24) is 14.5 Å². The Kier molecular flexibility index (Phi) is 2.19. The van der Waals surface area contributed by atoms with Crippen LogP contribution in [0.4, 0.5) is 0 Å². The lowest BCUT2D eigenvalue weighted by Crippen LogP contribution is -2.07. The summed E-state index contributed by atoms with van der Waals surface area (Å²) in [5.41, 5.74) is 1.66. The molecule has 1 N–H and O–H groups in total. The Bertz CT molecular complexity index is 563. The van der Waals surface area contributed by atoms with Crippen LogP contribution in [-0.4, -0.2) is 25.7 Å². The highest BCUT2D eigenvalue weighted by Gasteiger charge is 2.20. The lowest BCUT2D eigenvalue weighted by Gasteiger charge is -2.11. The second-order valence-electron chi connectivity index (χ2n) is 3.88. The van der Waals surface area contributed by atoms with Crippen LogP contribution in [0.3, 0.4) is 0 Å². The van der Waals surface area contributed by atoms with E-state index in [1.165, 1.54) is 0 Å². The molecule has 2 aromatic rings. The highest BCUT2D eigenvalue weighted by atomic mass is 35.5.